The minimum absolute atomic E-state index is 0.318. The Balaban J connectivity index is 1.79. The molecule has 1 saturated heterocycles. The molecule has 0 atom stereocenters. The number of carbonyl (C=O) groups excluding carboxylic acids is 1. The summed E-state index contributed by atoms with van der Waals surface area (Å²) in [4.78, 5) is 11.7. The van der Waals surface area contributed by atoms with Crippen LogP contribution < -0.4 is 10.6 Å². The maximum atomic E-state index is 11.7. The summed E-state index contributed by atoms with van der Waals surface area (Å²) in [5.74, 6) is -0.610. The van der Waals surface area contributed by atoms with E-state index in [1.165, 1.54) is 0 Å². The van der Waals surface area contributed by atoms with E-state index in [-0.39, 0.29) is 6.03 Å². The maximum Gasteiger partial charge on any atom is 0.319 e. The van der Waals surface area contributed by atoms with Crippen LogP contribution in [-0.2, 0) is 9.47 Å². The minimum atomic E-state index is -0.610. The van der Waals surface area contributed by atoms with Gasteiger partial charge in [-0.1, -0.05) is 29.3 Å². The number of hydrogen-bond acceptors (Lipinski definition) is 3. The van der Waals surface area contributed by atoms with Crippen molar-refractivity contribution in [3.63, 3.8) is 0 Å². The fraction of sp³-hybridized carbons (Fsp3) is 0.462. The summed E-state index contributed by atoms with van der Waals surface area (Å²) in [5, 5.41) is 6.07. The third-order valence-electron chi connectivity index (χ3n) is 2.96. The average Bonchev–Trinajstić information content (AvgIpc) is 2.82. The van der Waals surface area contributed by atoms with Gasteiger partial charge in [0.25, 0.3) is 0 Å². The molecule has 1 heterocycles. The van der Waals surface area contributed by atoms with Crippen molar-refractivity contribution >= 4 is 34.9 Å². The Morgan fingerprint density at radius 3 is 2.75 bits per heavy atom. The number of nitrogens with one attached hydrogen (secondary N) is 2. The third kappa shape index (κ3) is 3.99. The molecule has 2 N–H and O–H groups in total. The zero-order valence-electron chi connectivity index (χ0n) is 11.0. The van der Waals surface area contributed by atoms with E-state index in [0.29, 0.717) is 41.9 Å². The van der Waals surface area contributed by atoms with E-state index >= 15 is 0 Å². The molecule has 1 fully saturated rings. The predicted octanol–water partition coefficient (Wildman–Crippen LogP) is 3.27. The Hall–Kier alpha value is -1.01. The highest BCUT2D eigenvalue weighted by atomic mass is 35.5. The number of benzene rings is 1. The largest absolute Gasteiger partial charge is 0.348 e. The molecule has 0 bridgehead atoms. The quantitative estimate of drug-likeness (QED) is 0.895. The zero-order valence-corrected chi connectivity index (χ0v) is 12.6. The molecule has 2 amide bonds. The van der Waals surface area contributed by atoms with E-state index in [2.05, 4.69) is 10.6 Å². The zero-order chi connectivity index (χ0) is 14.6. The Morgan fingerprint density at radius 2 is 2.05 bits per heavy atom. The van der Waals surface area contributed by atoms with E-state index in [9.17, 15) is 4.79 Å². The molecule has 2 rings (SSSR count). The standard InChI is InChI=1S/C13H16Cl2N2O3/c1-13(19-7-8-20-13)5-6-16-12(18)17-10-4-2-3-9(14)11(10)15/h2-4H,5-8H2,1H3,(H2,16,17,18). The van der Waals surface area contributed by atoms with Gasteiger partial charge < -0.3 is 20.1 Å². The van der Waals surface area contributed by atoms with Gasteiger partial charge in [-0.15, -0.1) is 0 Å². The number of rotatable bonds is 4. The van der Waals surface area contributed by atoms with Crippen LogP contribution in [0.25, 0.3) is 0 Å². The van der Waals surface area contributed by atoms with Crippen LogP contribution in [0.3, 0.4) is 0 Å². The molecular weight excluding hydrogens is 303 g/mol. The molecule has 1 aromatic rings. The minimum Gasteiger partial charge on any atom is -0.348 e. The molecule has 7 heteroatoms. The molecule has 1 aliphatic heterocycles. The second kappa shape index (κ2) is 6.63. The van der Waals surface area contributed by atoms with Crippen molar-refractivity contribution in [2.75, 3.05) is 25.1 Å². The van der Waals surface area contributed by atoms with Crippen LogP contribution in [0.15, 0.2) is 18.2 Å². The number of hydrogen-bond donors (Lipinski definition) is 2. The highest BCUT2D eigenvalue weighted by molar-refractivity contribution is 6.43. The Kier molecular flexibility index (Phi) is 5.10. The number of ether oxygens (including phenoxy) is 2. The van der Waals surface area contributed by atoms with Gasteiger partial charge in [0.05, 0.1) is 28.9 Å². The van der Waals surface area contributed by atoms with Crippen LogP contribution in [-0.4, -0.2) is 31.6 Å². The molecule has 0 radical (unpaired) electrons. The predicted molar refractivity (Wildman–Crippen MR) is 78.4 cm³/mol. The first-order valence-corrected chi connectivity index (χ1v) is 7.02. The van der Waals surface area contributed by atoms with Gasteiger partial charge in [-0.3, -0.25) is 0 Å². The van der Waals surface area contributed by atoms with E-state index in [4.69, 9.17) is 32.7 Å². The lowest BCUT2D eigenvalue weighted by atomic mass is 10.2. The van der Waals surface area contributed by atoms with E-state index in [1.54, 1.807) is 18.2 Å². The third-order valence-corrected chi connectivity index (χ3v) is 3.78. The highest BCUT2D eigenvalue weighted by Gasteiger charge is 2.30. The highest BCUT2D eigenvalue weighted by Crippen LogP contribution is 2.29. The Morgan fingerprint density at radius 1 is 1.35 bits per heavy atom. The smallest absolute Gasteiger partial charge is 0.319 e. The molecule has 0 saturated carbocycles. The van der Waals surface area contributed by atoms with E-state index in [0.717, 1.165) is 0 Å². The van der Waals surface area contributed by atoms with Crippen molar-refractivity contribution in [3.8, 4) is 0 Å². The van der Waals surface area contributed by atoms with Crippen LogP contribution >= 0.6 is 23.2 Å². The topological polar surface area (TPSA) is 59.6 Å². The fourth-order valence-corrected chi connectivity index (χ4v) is 2.22. The maximum absolute atomic E-state index is 11.7. The number of amides is 2. The van der Waals surface area contributed by atoms with Gasteiger partial charge in [0.15, 0.2) is 5.79 Å². The van der Waals surface area contributed by atoms with Crippen molar-refractivity contribution in [1.82, 2.24) is 5.32 Å². The van der Waals surface area contributed by atoms with Crippen LogP contribution in [0.4, 0.5) is 10.5 Å². The van der Waals surface area contributed by atoms with Gasteiger partial charge in [0, 0.05) is 13.0 Å². The van der Waals surface area contributed by atoms with Gasteiger partial charge in [-0.25, -0.2) is 4.79 Å². The van der Waals surface area contributed by atoms with Gasteiger partial charge in [-0.05, 0) is 19.1 Å². The molecule has 0 unspecified atom stereocenters. The normalized spacial score (nSPS) is 16.9. The number of carbonyl (C=O) groups is 1. The summed E-state index contributed by atoms with van der Waals surface area (Å²) in [6, 6.07) is 4.70. The van der Waals surface area contributed by atoms with Crippen molar-refractivity contribution in [1.29, 1.82) is 0 Å². The van der Waals surface area contributed by atoms with Gasteiger partial charge in [0.2, 0.25) is 0 Å². The number of urea groups is 1. The van der Waals surface area contributed by atoms with Crippen molar-refractivity contribution in [3.05, 3.63) is 28.2 Å². The number of anilines is 1. The molecule has 0 spiro atoms. The van der Waals surface area contributed by atoms with Gasteiger partial charge >= 0.3 is 6.03 Å². The van der Waals surface area contributed by atoms with Crippen LogP contribution in [0.1, 0.15) is 13.3 Å². The van der Waals surface area contributed by atoms with E-state index in [1.807, 2.05) is 6.92 Å². The van der Waals surface area contributed by atoms with E-state index < -0.39 is 5.79 Å². The monoisotopic (exact) mass is 318 g/mol. The summed E-state index contributed by atoms with van der Waals surface area (Å²) in [7, 11) is 0. The summed E-state index contributed by atoms with van der Waals surface area (Å²) in [6.07, 6.45) is 0.573. The first kappa shape index (κ1) is 15.4. The summed E-state index contributed by atoms with van der Waals surface area (Å²) < 4.78 is 10.9. The van der Waals surface area contributed by atoms with Crippen LogP contribution in [0.5, 0.6) is 0 Å². The first-order chi connectivity index (χ1) is 9.50. The molecule has 110 valence electrons. The SMILES string of the molecule is CC1(CCNC(=O)Nc2cccc(Cl)c2Cl)OCCO1. The van der Waals surface area contributed by atoms with Crippen LogP contribution in [0, 0.1) is 0 Å². The van der Waals surface area contributed by atoms with Crippen molar-refractivity contribution in [2.24, 2.45) is 0 Å². The summed E-state index contributed by atoms with van der Waals surface area (Å²) in [5.41, 5.74) is 0.469. The molecule has 5 nitrogen and oxygen atoms in total. The first-order valence-electron chi connectivity index (χ1n) is 6.27. The average molecular weight is 319 g/mol. The van der Waals surface area contributed by atoms with Gasteiger partial charge in [0.1, 0.15) is 0 Å². The second-order valence-electron chi connectivity index (χ2n) is 4.56. The Labute approximate surface area is 127 Å². The summed E-state index contributed by atoms with van der Waals surface area (Å²) in [6.45, 7) is 3.45. The summed E-state index contributed by atoms with van der Waals surface area (Å²) >= 11 is 11.9. The molecule has 20 heavy (non-hydrogen) atoms. The van der Waals surface area contributed by atoms with Gasteiger partial charge in [-0.2, -0.15) is 0 Å². The van der Waals surface area contributed by atoms with Crippen molar-refractivity contribution in [2.45, 2.75) is 19.1 Å². The Bertz CT molecular complexity index is 491. The lowest BCUT2D eigenvalue weighted by molar-refractivity contribution is -0.145. The lowest BCUT2D eigenvalue weighted by Crippen LogP contribution is -2.35. The fourth-order valence-electron chi connectivity index (χ4n) is 1.87. The molecule has 0 aromatic heterocycles. The van der Waals surface area contributed by atoms with Crippen LogP contribution in [0.2, 0.25) is 10.0 Å². The second-order valence-corrected chi connectivity index (χ2v) is 5.35. The lowest BCUT2D eigenvalue weighted by Gasteiger charge is -2.22. The van der Waals surface area contributed by atoms with Crippen molar-refractivity contribution < 1.29 is 14.3 Å². The molecule has 0 aliphatic carbocycles. The molecular formula is C13H16Cl2N2O3. The number of halogens is 2. The molecule has 1 aliphatic rings. The molecule has 1 aromatic carbocycles.